The standard InChI is InChI=1S/C13H13BrClNO5/c14-6-1-2-8-7(3-6)9(4-16(8)15)20-13-12(19)11(18)10(5-17)21-13/h1-4,10-13,17-19H,5H2/t10-,11-,12-,13-/m1/s1. The summed E-state index contributed by atoms with van der Waals surface area (Å²) < 4.78 is 13.1. The summed E-state index contributed by atoms with van der Waals surface area (Å²) in [4.78, 5) is 0. The lowest BCUT2D eigenvalue weighted by Crippen LogP contribution is -2.35. The van der Waals surface area contributed by atoms with Crippen LogP contribution in [0.2, 0.25) is 0 Å². The Morgan fingerprint density at radius 2 is 2.10 bits per heavy atom. The van der Waals surface area contributed by atoms with Gasteiger partial charge in [0.25, 0.3) is 0 Å². The van der Waals surface area contributed by atoms with Gasteiger partial charge in [0.2, 0.25) is 6.29 Å². The third kappa shape index (κ3) is 2.65. The van der Waals surface area contributed by atoms with E-state index in [9.17, 15) is 10.2 Å². The van der Waals surface area contributed by atoms with E-state index in [4.69, 9.17) is 26.4 Å². The van der Waals surface area contributed by atoms with Gasteiger partial charge in [0, 0.05) is 21.6 Å². The minimum atomic E-state index is -1.25. The van der Waals surface area contributed by atoms with E-state index in [1.165, 1.54) is 4.09 Å². The lowest BCUT2D eigenvalue weighted by Gasteiger charge is -2.16. The summed E-state index contributed by atoms with van der Waals surface area (Å²) in [6.07, 6.45) is -2.84. The molecule has 1 aliphatic heterocycles. The number of hydrogen-bond acceptors (Lipinski definition) is 5. The first kappa shape index (κ1) is 15.1. The van der Waals surface area contributed by atoms with Gasteiger partial charge in [-0.2, -0.15) is 0 Å². The molecule has 1 aromatic heterocycles. The zero-order chi connectivity index (χ0) is 15.1. The highest BCUT2D eigenvalue weighted by atomic mass is 79.9. The van der Waals surface area contributed by atoms with Gasteiger partial charge in [-0.05, 0) is 18.2 Å². The zero-order valence-corrected chi connectivity index (χ0v) is 13.0. The minimum absolute atomic E-state index is 0.402. The molecule has 2 heterocycles. The van der Waals surface area contributed by atoms with Crippen LogP contribution in [0.25, 0.3) is 10.9 Å². The van der Waals surface area contributed by atoms with Gasteiger partial charge in [0.1, 0.15) is 24.1 Å². The number of fused-ring (bicyclic) bond motifs is 1. The average Bonchev–Trinajstić information content (AvgIpc) is 2.91. The highest BCUT2D eigenvalue weighted by Crippen LogP contribution is 2.34. The van der Waals surface area contributed by atoms with Crippen molar-refractivity contribution in [2.45, 2.75) is 24.6 Å². The Kier molecular flexibility index (Phi) is 4.13. The van der Waals surface area contributed by atoms with Gasteiger partial charge < -0.3 is 24.8 Å². The van der Waals surface area contributed by atoms with E-state index < -0.39 is 31.2 Å². The number of aliphatic hydroxyl groups excluding tert-OH is 3. The summed E-state index contributed by atoms with van der Waals surface area (Å²) in [6.45, 7) is -0.402. The number of rotatable bonds is 3. The number of hydrogen-bond donors (Lipinski definition) is 3. The summed E-state index contributed by atoms with van der Waals surface area (Å²) in [6, 6.07) is 5.48. The molecule has 0 bridgehead atoms. The van der Waals surface area contributed by atoms with Crippen LogP contribution in [0.3, 0.4) is 0 Å². The summed E-state index contributed by atoms with van der Waals surface area (Å²) in [7, 11) is 0. The topological polar surface area (TPSA) is 84.1 Å². The first-order valence-corrected chi connectivity index (χ1v) is 7.40. The van der Waals surface area contributed by atoms with Crippen molar-refractivity contribution >= 4 is 38.6 Å². The van der Waals surface area contributed by atoms with Crippen LogP contribution in [-0.2, 0) is 4.74 Å². The third-order valence-electron chi connectivity index (χ3n) is 3.43. The predicted octanol–water partition coefficient (Wildman–Crippen LogP) is 1.22. The molecule has 0 spiro atoms. The second-order valence-electron chi connectivity index (χ2n) is 4.79. The largest absolute Gasteiger partial charge is 0.460 e. The van der Waals surface area contributed by atoms with E-state index in [2.05, 4.69) is 15.9 Å². The van der Waals surface area contributed by atoms with Gasteiger partial charge in [-0.25, -0.2) is 0 Å². The molecule has 3 N–H and O–H groups in total. The SMILES string of the molecule is OC[C@H]1O[C@@H](Oc2cn(Cl)c3ccc(Br)cc23)[C@H](O)[C@@H]1O. The molecule has 3 rings (SSSR count). The molecular weight excluding hydrogens is 366 g/mol. The van der Waals surface area contributed by atoms with Crippen LogP contribution in [-0.4, -0.2) is 50.6 Å². The van der Waals surface area contributed by atoms with E-state index in [-0.39, 0.29) is 0 Å². The van der Waals surface area contributed by atoms with Gasteiger partial charge in [-0.3, -0.25) is 4.09 Å². The second kappa shape index (κ2) is 5.75. The quantitative estimate of drug-likeness (QED) is 0.748. The van der Waals surface area contributed by atoms with Crippen LogP contribution >= 0.6 is 27.7 Å². The highest BCUT2D eigenvalue weighted by Gasteiger charge is 2.44. The summed E-state index contributed by atoms with van der Waals surface area (Å²) in [5.74, 6) is 0.413. The summed E-state index contributed by atoms with van der Waals surface area (Å²) in [5.41, 5.74) is 0.738. The van der Waals surface area contributed by atoms with Crippen LogP contribution in [0.1, 0.15) is 0 Å². The maximum absolute atomic E-state index is 9.89. The van der Waals surface area contributed by atoms with Gasteiger partial charge in [-0.15, -0.1) is 0 Å². The van der Waals surface area contributed by atoms with Crippen molar-refractivity contribution in [1.29, 1.82) is 0 Å². The Bertz CT molecular complexity index is 663. The molecule has 0 amide bonds. The molecule has 8 heteroatoms. The molecule has 1 saturated heterocycles. The smallest absolute Gasteiger partial charge is 0.229 e. The van der Waals surface area contributed by atoms with Crippen molar-refractivity contribution < 1.29 is 24.8 Å². The Labute approximate surface area is 133 Å². The van der Waals surface area contributed by atoms with Crippen LogP contribution in [0.5, 0.6) is 5.75 Å². The van der Waals surface area contributed by atoms with Crippen molar-refractivity contribution in [3.8, 4) is 5.75 Å². The van der Waals surface area contributed by atoms with Crippen LogP contribution < -0.4 is 4.74 Å². The predicted molar refractivity (Wildman–Crippen MR) is 79.3 cm³/mol. The molecule has 0 radical (unpaired) electrons. The Morgan fingerprint density at radius 1 is 1.33 bits per heavy atom. The van der Waals surface area contributed by atoms with Crippen LogP contribution in [0, 0.1) is 0 Å². The van der Waals surface area contributed by atoms with Crippen molar-refractivity contribution in [2.75, 3.05) is 6.61 Å². The number of aliphatic hydroxyl groups is 3. The van der Waals surface area contributed by atoms with Gasteiger partial charge in [0.05, 0.1) is 18.3 Å². The minimum Gasteiger partial charge on any atom is -0.460 e. The number of ether oxygens (including phenoxy) is 2. The first-order valence-electron chi connectivity index (χ1n) is 6.27. The van der Waals surface area contributed by atoms with Crippen molar-refractivity contribution in [3.05, 3.63) is 28.9 Å². The van der Waals surface area contributed by atoms with Gasteiger partial charge in [0.15, 0.2) is 0 Å². The van der Waals surface area contributed by atoms with Crippen molar-refractivity contribution in [3.63, 3.8) is 0 Å². The first-order chi connectivity index (χ1) is 10.0. The fourth-order valence-corrected chi connectivity index (χ4v) is 2.91. The molecule has 6 nitrogen and oxygen atoms in total. The monoisotopic (exact) mass is 377 g/mol. The van der Waals surface area contributed by atoms with Crippen LogP contribution in [0.4, 0.5) is 0 Å². The van der Waals surface area contributed by atoms with Gasteiger partial charge >= 0.3 is 0 Å². The van der Waals surface area contributed by atoms with Crippen molar-refractivity contribution in [1.82, 2.24) is 4.09 Å². The number of nitrogens with zero attached hydrogens (tertiary/aromatic N) is 1. The molecule has 4 atom stereocenters. The Balaban J connectivity index is 1.90. The summed E-state index contributed by atoms with van der Waals surface area (Å²) in [5, 5.41) is 29.4. The molecule has 114 valence electrons. The lowest BCUT2D eigenvalue weighted by molar-refractivity contribution is -0.115. The number of aromatic nitrogens is 1. The maximum Gasteiger partial charge on any atom is 0.229 e. The third-order valence-corrected chi connectivity index (χ3v) is 4.20. The van der Waals surface area contributed by atoms with E-state index >= 15 is 0 Å². The fourth-order valence-electron chi connectivity index (χ4n) is 2.32. The van der Waals surface area contributed by atoms with Crippen molar-refractivity contribution in [2.24, 2.45) is 0 Å². The van der Waals surface area contributed by atoms with E-state index in [0.29, 0.717) is 5.75 Å². The molecule has 0 unspecified atom stereocenters. The molecule has 0 aliphatic carbocycles. The average molecular weight is 379 g/mol. The van der Waals surface area contributed by atoms with E-state index in [0.717, 1.165) is 15.4 Å². The van der Waals surface area contributed by atoms with Gasteiger partial charge in [-0.1, -0.05) is 15.9 Å². The second-order valence-corrected chi connectivity index (χ2v) is 6.07. The van der Waals surface area contributed by atoms with E-state index in [1.54, 1.807) is 6.20 Å². The normalized spacial score (nSPS) is 29.2. The number of benzene rings is 1. The summed E-state index contributed by atoms with van der Waals surface area (Å²) >= 11 is 9.43. The van der Waals surface area contributed by atoms with Crippen LogP contribution in [0.15, 0.2) is 28.9 Å². The molecule has 2 aromatic rings. The molecule has 1 fully saturated rings. The molecular formula is C13H13BrClNO5. The maximum atomic E-state index is 9.89. The molecule has 1 aliphatic rings. The molecule has 0 saturated carbocycles. The number of halogens is 2. The highest BCUT2D eigenvalue weighted by molar-refractivity contribution is 9.10. The Hall–Kier alpha value is -0.830. The Morgan fingerprint density at radius 3 is 2.76 bits per heavy atom. The zero-order valence-electron chi connectivity index (χ0n) is 10.7. The lowest BCUT2D eigenvalue weighted by atomic mass is 10.1. The molecule has 1 aromatic carbocycles. The fraction of sp³-hybridized carbons (Fsp3) is 0.385. The molecule has 21 heavy (non-hydrogen) atoms. The van der Waals surface area contributed by atoms with E-state index in [1.807, 2.05) is 18.2 Å².